The molecule has 0 unspecified atom stereocenters. The van der Waals surface area contributed by atoms with Gasteiger partial charge >= 0.3 is 17.8 Å². The fourth-order valence-electron chi connectivity index (χ4n) is 2.53. The van der Waals surface area contributed by atoms with Crippen molar-refractivity contribution in [2.75, 3.05) is 12.4 Å². The van der Waals surface area contributed by atoms with E-state index in [0.29, 0.717) is 21.8 Å². The third kappa shape index (κ3) is 6.90. The van der Waals surface area contributed by atoms with E-state index in [0.717, 1.165) is 4.47 Å². The average molecular weight is 531 g/mol. The molecule has 3 rings (SSSR count). The molecule has 0 atom stereocenters. The number of hydrogen-bond acceptors (Lipinski definition) is 6. The zero-order valence-electron chi connectivity index (χ0n) is 17.2. The molecule has 0 aliphatic rings. The molecule has 10 heteroatoms. The van der Waals surface area contributed by atoms with E-state index in [4.69, 9.17) is 21.1 Å². The van der Waals surface area contributed by atoms with E-state index in [-0.39, 0.29) is 11.5 Å². The minimum Gasteiger partial charge on any atom is -0.493 e. The summed E-state index contributed by atoms with van der Waals surface area (Å²) in [5, 5.41) is 6.73. The van der Waals surface area contributed by atoms with Crippen molar-refractivity contribution >= 4 is 57.2 Å². The first-order valence-electron chi connectivity index (χ1n) is 9.41. The molecule has 2 amide bonds. The second kappa shape index (κ2) is 11.3. The van der Waals surface area contributed by atoms with Gasteiger partial charge in [-0.2, -0.15) is 5.10 Å². The Balaban J connectivity index is 1.59. The highest BCUT2D eigenvalue weighted by Crippen LogP contribution is 2.28. The Morgan fingerprint density at radius 1 is 0.939 bits per heavy atom. The van der Waals surface area contributed by atoms with E-state index in [2.05, 4.69) is 31.8 Å². The Bertz CT molecular complexity index is 1200. The fourth-order valence-corrected chi connectivity index (χ4v) is 2.92. The lowest BCUT2D eigenvalue weighted by Gasteiger charge is -2.10. The van der Waals surface area contributed by atoms with Gasteiger partial charge < -0.3 is 14.8 Å². The molecule has 168 valence electrons. The van der Waals surface area contributed by atoms with Crippen molar-refractivity contribution < 1.29 is 23.9 Å². The van der Waals surface area contributed by atoms with Gasteiger partial charge in [0.2, 0.25) is 0 Å². The van der Waals surface area contributed by atoms with Crippen LogP contribution in [-0.4, -0.2) is 31.1 Å². The number of carbonyl (C=O) groups excluding carboxylic acids is 3. The summed E-state index contributed by atoms with van der Waals surface area (Å²) in [5.41, 5.74) is 3.48. The summed E-state index contributed by atoms with van der Waals surface area (Å²) in [6, 6.07) is 17.7. The Morgan fingerprint density at radius 2 is 1.64 bits per heavy atom. The van der Waals surface area contributed by atoms with Gasteiger partial charge in [-0.1, -0.05) is 27.5 Å². The molecule has 0 spiro atoms. The van der Waals surface area contributed by atoms with Crippen LogP contribution in [0.3, 0.4) is 0 Å². The highest BCUT2D eigenvalue weighted by molar-refractivity contribution is 9.10. The lowest BCUT2D eigenvalue weighted by molar-refractivity contribution is -0.136. The number of esters is 1. The average Bonchev–Trinajstić information content (AvgIpc) is 2.81. The van der Waals surface area contributed by atoms with Gasteiger partial charge in [0.15, 0.2) is 11.5 Å². The van der Waals surface area contributed by atoms with Gasteiger partial charge in [-0.25, -0.2) is 10.2 Å². The molecule has 0 bridgehead atoms. The van der Waals surface area contributed by atoms with E-state index in [1.165, 1.54) is 19.4 Å². The third-order valence-corrected chi connectivity index (χ3v) is 4.94. The summed E-state index contributed by atoms with van der Waals surface area (Å²) in [6.07, 6.45) is 1.32. The van der Waals surface area contributed by atoms with Crippen LogP contribution in [-0.2, 0) is 9.59 Å². The molecule has 2 N–H and O–H groups in total. The maximum absolute atomic E-state index is 12.3. The lowest BCUT2D eigenvalue weighted by atomic mass is 10.2. The zero-order chi connectivity index (χ0) is 23.8. The van der Waals surface area contributed by atoms with Crippen LogP contribution >= 0.6 is 27.5 Å². The second-order valence-electron chi connectivity index (χ2n) is 6.47. The van der Waals surface area contributed by atoms with Crippen LogP contribution in [0.2, 0.25) is 5.02 Å². The van der Waals surface area contributed by atoms with Crippen molar-refractivity contribution in [1.82, 2.24) is 5.43 Å². The van der Waals surface area contributed by atoms with Gasteiger partial charge in [0.05, 0.1) is 18.9 Å². The summed E-state index contributed by atoms with van der Waals surface area (Å²) < 4.78 is 11.5. The van der Waals surface area contributed by atoms with Gasteiger partial charge in [0.25, 0.3) is 0 Å². The lowest BCUT2D eigenvalue weighted by Crippen LogP contribution is -2.32. The molecule has 33 heavy (non-hydrogen) atoms. The number of nitrogens with zero attached hydrogens (tertiary/aromatic N) is 1. The number of halogens is 2. The fraction of sp³-hybridized carbons (Fsp3) is 0.0435. The molecule has 0 aromatic heterocycles. The highest BCUT2D eigenvalue weighted by atomic mass is 79.9. The topological polar surface area (TPSA) is 106 Å². The Labute approximate surface area is 202 Å². The molecule has 0 saturated carbocycles. The molecule has 0 aliphatic heterocycles. The minimum absolute atomic E-state index is 0.201. The predicted molar refractivity (Wildman–Crippen MR) is 128 cm³/mol. The smallest absolute Gasteiger partial charge is 0.343 e. The summed E-state index contributed by atoms with van der Waals surface area (Å²) in [5.74, 6) is -1.89. The number of ether oxygens (including phenoxy) is 2. The largest absolute Gasteiger partial charge is 0.493 e. The minimum atomic E-state index is -0.936. The van der Waals surface area contributed by atoms with Gasteiger partial charge in [-0.3, -0.25) is 9.59 Å². The van der Waals surface area contributed by atoms with Gasteiger partial charge in [0.1, 0.15) is 0 Å². The third-order valence-electron chi connectivity index (χ3n) is 4.16. The van der Waals surface area contributed by atoms with Crippen LogP contribution in [0, 0.1) is 0 Å². The van der Waals surface area contributed by atoms with Gasteiger partial charge in [0, 0.05) is 15.2 Å². The number of rotatable bonds is 6. The van der Waals surface area contributed by atoms with Crippen LogP contribution < -0.4 is 20.2 Å². The molecule has 3 aromatic rings. The van der Waals surface area contributed by atoms with E-state index in [9.17, 15) is 14.4 Å². The summed E-state index contributed by atoms with van der Waals surface area (Å²) in [7, 11) is 1.42. The number of methoxy groups -OCH3 is 1. The van der Waals surface area contributed by atoms with Crippen molar-refractivity contribution in [1.29, 1.82) is 0 Å². The molecule has 0 saturated heterocycles. The number of anilines is 1. The SMILES string of the molecule is COc1cc(C=NNC(=O)C(=O)Nc2ccc(Br)cc2)ccc1OC(=O)c1ccc(Cl)cc1. The van der Waals surface area contributed by atoms with E-state index >= 15 is 0 Å². The summed E-state index contributed by atoms with van der Waals surface area (Å²) in [4.78, 5) is 36.2. The monoisotopic (exact) mass is 529 g/mol. The molecule has 8 nitrogen and oxygen atoms in total. The maximum Gasteiger partial charge on any atom is 0.343 e. The molecular formula is C23H17BrClN3O5. The Kier molecular flexibility index (Phi) is 8.17. The van der Waals surface area contributed by atoms with Crippen LogP contribution in [0.25, 0.3) is 0 Å². The molecule has 0 aliphatic carbocycles. The van der Waals surface area contributed by atoms with Crippen molar-refractivity contribution in [2.24, 2.45) is 5.10 Å². The molecule has 0 heterocycles. The summed E-state index contributed by atoms with van der Waals surface area (Å²) in [6.45, 7) is 0. The number of hydrogen-bond donors (Lipinski definition) is 2. The standard InChI is InChI=1S/C23H17BrClN3O5/c1-32-20-12-14(2-11-19(20)33-23(31)15-3-7-17(25)8-4-15)13-26-28-22(30)21(29)27-18-9-5-16(24)6-10-18/h2-13H,1H3,(H,27,29)(H,28,30). The first-order valence-corrected chi connectivity index (χ1v) is 10.6. The van der Waals surface area contributed by atoms with Gasteiger partial charge in [-0.15, -0.1) is 0 Å². The van der Waals surface area contributed by atoms with Crippen molar-refractivity contribution in [3.05, 3.63) is 87.4 Å². The quantitative estimate of drug-likeness (QED) is 0.161. The predicted octanol–water partition coefficient (Wildman–Crippen LogP) is 4.42. The number of hydrazone groups is 1. The van der Waals surface area contributed by atoms with Crippen molar-refractivity contribution in [2.45, 2.75) is 0 Å². The first-order chi connectivity index (χ1) is 15.9. The normalized spacial score (nSPS) is 10.5. The van der Waals surface area contributed by atoms with Crippen molar-refractivity contribution in [3.8, 4) is 11.5 Å². The number of nitrogens with one attached hydrogen (secondary N) is 2. The van der Waals surface area contributed by atoms with Crippen LogP contribution in [0.5, 0.6) is 11.5 Å². The number of carbonyl (C=O) groups is 3. The van der Waals surface area contributed by atoms with Crippen LogP contribution in [0.4, 0.5) is 5.69 Å². The molecule has 0 fully saturated rings. The zero-order valence-corrected chi connectivity index (χ0v) is 19.5. The van der Waals surface area contributed by atoms with Crippen LogP contribution in [0.1, 0.15) is 15.9 Å². The first kappa shape index (κ1) is 24.0. The molecular weight excluding hydrogens is 514 g/mol. The second-order valence-corrected chi connectivity index (χ2v) is 7.82. The maximum atomic E-state index is 12.3. The Morgan fingerprint density at radius 3 is 2.30 bits per heavy atom. The Hall–Kier alpha value is -3.69. The summed E-state index contributed by atoms with van der Waals surface area (Å²) >= 11 is 9.11. The molecule has 0 radical (unpaired) electrons. The van der Waals surface area contributed by atoms with E-state index in [1.807, 2.05) is 0 Å². The van der Waals surface area contributed by atoms with Gasteiger partial charge in [-0.05, 0) is 72.3 Å². The number of benzene rings is 3. The van der Waals surface area contributed by atoms with Crippen molar-refractivity contribution in [3.63, 3.8) is 0 Å². The van der Waals surface area contributed by atoms with Crippen LogP contribution in [0.15, 0.2) is 76.3 Å². The number of amides is 2. The molecule has 3 aromatic carbocycles. The highest BCUT2D eigenvalue weighted by Gasteiger charge is 2.14. The van der Waals surface area contributed by atoms with E-state index < -0.39 is 17.8 Å². The van der Waals surface area contributed by atoms with E-state index in [1.54, 1.807) is 60.7 Å².